The predicted octanol–water partition coefficient (Wildman–Crippen LogP) is -4.07. The molecule has 2 aliphatic rings. The summed E-state index contributed by atoms with van der Waals surface area (Å²) in [7, 11) is -2.96. The largest absolute Gasteiger partial charge is 0.479 e. The highest BCUT2D eigenvalue weighted by Gasteiger charge is 2.54. The number of aliphatic hydroxyl groups excluding tert-OH is 3. The molecule has 0 aromatic carbocycles. The van der Waals surface area contributed by atoms with Crippen LogP contribution in [0.25, 0.3) is 0 Å². The van der Waals surface area contributed by atoms with Crippen LogP contribution in [0.3, 0.4) is 0 Å². The fourth-order valence-corrected chi connectivity index (χ4v) is 3.74. The molecule has 10 atom stereocenters. The smallest absolute Gasteiger partial charge is 0.399 e. The molecule has 0 aliphatic carbocycles. The second kappa shape index (κ2) is 10.6. The van der Waals surface area contributed by atoms with Gasteiger partial charge in [-0.25, -0.2) is 8.98 Å². The SMILES string of the molecule is CO[C@@H]1O[C@@H](OS(=O)(=O)O)[C@H](O)C(O[C@@H]2O[C@@H](C(=O)O)[C@@H](OC)C(O)C2O)C1NC(C)=O. The van der Waals surface area contributed by atoms with Gasteiger partial charge in [-0.1, -0.05) is 0 Å². The predicted molar refractivity (Wildman–Crippen MR) is 95.9 cm³/mol. The van der Waals surface area contributed by atoms with E-state index in [9.17, 15) is 38.4 Å². The molecular formula is C15H25NO15S. The van der Waals surface area contributed by atoms with Crippen molar-refractivity contribution in [1.82, 2.24) is 5.32 Å². The molecule has 2 heterocycles. The highest BCUT2D eigenvalue weighted by atomic mass is 32.3. The number of hydrogen-bond acceptors (Lipinski definition) is 13. The molecule has 2 rings (SSSR count). The maximum absolute atomic E-state index is 11.6. The summed E-state index contributed by atoms with van der Waals surface area (Å²) in [5.41, 5.74) is 0. The summed E-state index contributed by atoms with van der Waals surface area (Å²) >= 11 is 0. The number of nitrogens with one attached hydrogen (secondary N) is 1. The molecule has 4 unspecified atom stereocenters. The molecule has 17 heteroatoms. The quantitative estimate of drug-likeness (QED) is 0.177. The monoisotopic (exact) mass is 491 g/mol. The molecule has 0 bridgehead atoms. The minimum Gasteiger partial charge on any atom is -0.479 e. The van der Waals surface area contributed by atoms with Crippen LogP contribution in [-0.2, 0) is 47.9 Å². The zero-order valence-electron chi connectivity index (χ0n) is 17.0. The molecular weight excluding hydrogens is 466 g/mol. The molecule has 6 N–H and O–H groups in total. The summed E-state index contributed by atoms with van der Waals surface area (Å²) in [5, 5.41) is 42.8. The van der Waals surface area contributed by atoms with Gasteiger partial charge in [-0.05, 0) is 0 Å². The molecule has 0 aromatic heterocycles. The first kappa shape index (κ1) is 26.7. The van der Waals surface area contributed by atoms with E-state index < -0.39 is 83.8 Å². The van der Waals surface area contributed by atoms with Crippen molar-refractivity contribution in [3.63, 3.8) is 0 Å². The zero-order chi connectivity index (χ0) is 24.4. The van der Waals surface area contributed by atoms with Crippen LogP contribution < -0.4 is 5.32 Å². The van der Waals surface area contributed by atoms with Gasteiger partial charge in [-0.2, -0.15) is 8.42 Å². The van der Waals surface area contributed by atoms with Crippen molar-refractivity contribution in [1.29, 1.82) is 0 Å². The topological polar surface area (TPSA) is 237 Å². The minimum atomic E-state index is -5.13. The molecule has 1 amide bonds. The second-order valence-corrected chi connectivity index (χ2v) is 7.94. The zero-order valence-corrected chi connectivity index (χ0v) is 17.8. The highest BCUT2D eigenvalue weighted by Crippen LogP contribution is 2.31. The van der Waals surface area contributed by atoms with Gasteiger partial charge in [0.15, 0.2) is 18.7 Å². The molecule has 2 fully saturated rings. The number of carbonyl (C=O) groups excluding carboxylic acids is 1. The van der Waals surface area contributed by atoms with Gasteiger partial charge in [0.2, 0.25) is 12.2 Å². The third-order valence-corrected chi connectivity index (χ3v) is 5.13. The van der Waals surface area contributed by atoms with Crippen molar-refractivity contribution < 1.29 is 70.9 Å². The lowest BCUT2D eigenvalue weighted by molar-refractivity contribution is -0.353. The molecule has 0 spiro atoms. The van der Waals surface area contributed by atoms with Crippen LogP contribution in [-0.4, -0.2) is 121 Å². The molecule has 0 radical (unpaired) electrons. The number of aliphatic carboxylic acids is 1. The van der Waals surface area contributed by atoms with Crippen LogP contribution >= 0.6 is 0 Å². The van der Waals surface area contributed by atoms with E-state index in [0.29, 0.717) is 0 Å². The first-order valence-corrected chi connectivity index (χ1v) is 10.4. The molecule has 32 heavy (non-hydrogen) atoms. The number of hydrogen-bond donors (Lipinski definition) is 6. The lowest BCUT2D eigenvalue weighted by Crippen LogP contribution is -2.68. The Kier molecular flexibility index (Phi) is 8.87. The summed E-state index contributed by atoms with van der Waals surface area (Å²) in [6.45, 7) is 1.09. The van der Waals surface area contributed by atoms with Gasteiger partial charge in [0.25, 0.3) is 0 Å². The van der Waals surface area contributed by atoms with Crippen LogP contribution in [0.4, 0.5) is 0 Å². The van der Waals surface area contributed by atoms with Gasteiger partial charge in [0, 0.05) is 21.1 Å². The van der Waals surface area contributed by atoms with Gasteiger partial charge in [0.1, 0.15) is 36.6 Å². The van der Waals surface area contributed by atoms with Crippen molar-refractivity contribution in [3.8, 4) is 0 Å². The molecule has 2 aliphatic heterocycles. The lowest BCUT2D eigenvalue weighted by Gasteiger charge is -2.46. The van der Waals surface area contributed by atoms with Gasteiger partial charge in [-0.15, -0.1) is 0 Å². The van der Waals surface area contributed by atoms with Crippen molar-refractivity contribution in [2.24, 2.45) is 0 Å². The third-order valence-electron chi connectivity index (χ3n) is 4.70. The van der Waals surface area contributed by atoms with E-state index in [4.69, 9.17) is 28.2 Å². The van der Waals surface area contributed by atoms with Crippen LogP contribution in [0, 0.1) is 0 Å². The van der Waals surface area contributed by atoms with Crippen molar-refractivity contribution in [3.05, 3.63) is 0 Å². The van der Waals surface area contributed by atoms with Gasteiger partial charge in [0.05, 0.1) is 0 Å². The summed E-state index contributed by atoms with van der Waals surface area (Å²) < 4.78 is 61.0. The first-order chi connectivity index (χ1) is 14.8. The second-order valence-electron chi connectivity index (χ2n) is 6.89. The van der Waals surface area contributed by atoms with E-state index in [1.165, 1.54) is 0 Å². The number of carbonyl (C=O) groups is 2. The van der Waals surface area contributed by atoms with Gasteiger partial charge in [-0.3, -0.25) is 9.35 Å². The number of methoxy groups -OCH3 is 2. The number of carboxylic acid groups (broad SMARTS) is 1. The molecule has 0 saturated carbocycles. The van der Waals surface area contributed by atoms with E-state index >= 15 is 0 Å². The fourth-order valence-electron chi connectivity index (χ4n) is 3.34. The van der Waals surface area contributed by atoms with E-state index in [0.717, 1.165) is 21.1 Å². The van der Waals surface area contributed by atoms with Gasteiger partial charge >= 0.3 is 16.4 Å². The van der Waals surface area contributed by atoms with Crippen molar-refractivity contribution >= 4 is 22.3 Å². The Hall–Kier alpha value is -1.51. The van der Waals surface area contributed by atoms with Crippen LogP contribution in [0.1, 0.15) is 6.92 Å². The summed E-state index contributed by atoms with van der Waals surface area (Å²) in [6.07, 6.45) is -16.3. The van der Waals surface area contributed by atoms with Gasteiger partial charge < -0.3 is 49.4 Å². The Bertz CT molecular complexity index is 777. The number of amides is 1. The maximum atomic E-state index is 11.6. The van der Waals surface area contributed by atoms with E-state index in [1.807, 2.05) is 0 Å². The Morgan fingerprint density at radius 2 is 1.53 bits per heavy atom. The summed E-state index contributed by atoms with van der Waals surface area (Å²) in [4.78, 5) is 23.1. The summed E-state index contributed by atoms with van der Waals surface area (Å²) in [5.74, 6) is -2.23. The maximum Gasteiger partial charge on any atom is 0.399 e. The Balaban J connectivity index is 2.37. The van der Waals surface area contributed by atoms with E-state index in [1.54, 1.807) is 0 Å². The van der Waals surface area contributed by atoms with Crippen LogP contribution in [0.15, 0.2) is 0 Å². The Labute approximate surface area is 181 Å². The number of ether oxygens (including phenoxy) is 5. The van der Waals surface area contributed by atoms with Crippen molar-refractivity contribution in [2.45, 2.75) is 68.5 Å². The molecule has 186 valence electrons. The number of carboxylic acids is 1. The lowest BCUT2D eigenvalue weighted by atomic mass is 9.97. The fraction of sp³-hybridized carbons (Fsp3) is 0.867. The number of rotatable bonds is 8. The van der Waals surface area contributed by atoms with E-state index in [-0.39, 0.29) is 0 Å². The van der Waals surface area contributed by atoms with Crippen LogP contribution in [0.5, 0.6) is 0 Å². The third kappa shape index (κ3) is 6.08. The average molecular weight is 491 g/mol. The van der Waals surface area contributed by atoms with Crippen LogP contribution in [0.2, 0.25) is 0 Å². The normalized spacial score (nSPS) is 40.6. The van der Waals surface area contributed by atoms with E-state index in [2.05, 4.69) is 9.50 Å². The average Bonchev–Trinajstić information content (AvgIpc) is 2.68. The van der Waals surface area contributed by atoms with Crippen molar-refractivity contribution in [2.75, 3.05) is 14.2 Å². The Morgan fingerprint density at radius 1 is 0.906 bits per heavy atom. The standard InChI is InChI=1S/C15H25NO15S/c1-4(17)16-5-9(8(20)15(30-13(5)27-3)31-32(23,24)25)28-14-7(19)6(18)10(26-2)11(29-14)12(21)22/h5-11,13-15,18-20H,1-3H3,(H,16,17)(H,21,22)(H,23,24,25)/t5?,6?,7?,8-,9?,10+,11-,13-,14-,15+/m1/s1. The molecule has 2 saturated heterocycles. The Morgan fingerprint density at radius 3 is 2.00 bits per heavy atom. The minimum absolute atomic E-state index is 0.663. The molecule has 0 aromatic rings. The first-order valence-electron chi connectivity index (χ1n) is 9.02. The highest BCUT2D eigenvalue weighted by molar-refractivity contribution is 7.80. The number of aliphatic hydroxyl groups is 3. The summed E-state index contributed by atoms with van der Waals surface area (Å²) in [6, 6.07) is -1.37. The molecule has 16 nitrogen and oxygen atoms in total.